The van der Waals surface area contributed by atoms with Gasteiger partial charge in [-0.3, -0.25) is 0 Å². The van der Waals surface area contributed by atoms with E-state index in [0.717, 1.165) is 32.5 Å². The first kappa shape index (κ1) is 13.3. The molecule has 102 valence electrons. The van der Waals surface area contributed by atoms with E-state index in [0.29, 0.717) is 18.0 Å². The summed E-state index contributed by atoms with van der Waals surface area (Å²) in [5.41, 5.74) is 0. The molecule has 1 saturated heterocycles. The predicted octanol–water partition coefficient (Wildman–Crippen LogP) is 1.72. The monoisotopic (exact) mass is 254 g/mol. The summed E-state index contributed by atoms with van der Waals surface area (Å²) >= 11 is 0. The maximum absolute atomic E-state index is 5.55. The van der Waals surface area contributed by atoms with Gasteiger partial charge in [0.05, 0.1) is 12.1 Å². The minimum absolute atomic E-state index is 0.0937. The van der Waals surface area contributed by atoms with Gasteiger partial charge in [0.1, 0.15) is 0 Å². The first-order valence-electron chi connectivity index (χ1n) is 6.72. The van der Waals surface area contributed by atoms with Crippen LogP contribution in [0.5, 0.6) is 0 Å². The number of hydrogen-bond acceptors (Lipinski definition) is 6. The number of aromatic nitrogens is 2. The topological polar surface area (TPSA) is 72.2 Å². The average molecular weight is 254 g/mol. The Balaban J connectivity index is 1.72. The zero-order valence-electron chi connectivity index (χ0n) is 11.1. The van der Waals surface area contributed by atoms with Gasteiger partial charge in [-0.2, -0.15) is 0 Å². The molecule has 2 atom stereocenters. The van der Waals surface area contributed by atoms with Gasteiger partial charge in [0, 0.05) is 13.2 Å². The van der Waals surface area contributed by atoms with Crippen molar-refractivity contribution in [1.29, 1.82) is 0 Å². The lowest BCUT2D eigenvalue weighted by molar-refractivity contribution is 0.107. The normalized spacial score (nSPS) is 21.1. The van der Waals surface area contributed by atoms with Gasteiger partial charge < -0.3 is 19.8 Å². The number of nitrogens with one attached hydrogen (secondary N) is 2. The van der Waals surface area contributed by atoms with E-state index < -0.39 is 0 Å². The summed E-state index contributed by atoms with van der Waals surface area (Å²) in [6, 6.07) is 0.587. The molecule has 2 N–H and O–H groups in total. The first-order chi connectivity index (χ1) is 8.79. The highest BCUT2D eigenvalue weighted by atomic mass is 16.5. The molecular formula is C12H22N4O2. The molecule has 0 aromatic carbocycles. The molecule has 2 heterocycles. The zero-order chi connectivity index (χ0) is 12.8. The molecule has 0 spiro atoms. The number of rotatable bonds is 7. The summed E-state index contributed by atoms with van der Waals surface area (Å²) < 4.78 is 11.1. The number of anilines is 1. The molecule has 0 aliphatic carbocycles. The SMILES string of the molecule is CCNC(C)c1nnc(NCCC2CCCO2)o1. The minimum atomic E-state index is 0.0937. The Kier molecular flexibility index (Phi) is 4.95. The Morgan fingerprint density at radius 2 is 2.33 bits per heavy atom. The molecule has 6 heteroatoms. The Hall–Kier alpha value is -1.14. The van der Waals surface area contributed by atoms with Crippen LogP contribution in [0.1, 0.15) is 45.0 Å². The molecule has 2 rings (SSSR count). The van der Waals surface area contributed by atoms with Gasteiger partial charge >= 0.3 is 6.01 Å². The third-order valence-electron chi connectivity index (χ3n) is 3.09. The fourth-order valence-electron chi connectivity index (χ4n) is 2.09. The molecule has 0 amide bonds. The summed E-state index contributed by atoms with van der Waals surface area (Å²) in [6.45, 7) is 6.64. The minimum Gasteiger partial charge on any atom is -0.406 e. The van der Waals surface area contributed by atoms with Crippen molar-refractivity contribution in [2.45, 2.75) is 45.3 Å². The lowest BCUT2D eigenvalue weighted by Gasteiger charge is -2.08. The van der Waals surface area contributed by atoms with Crippen molar-refractivity contribution in [2.24, 2.45) is 0 Å². The molecule has 1 fully saturated rings. The van der Waals surface area contributed by atoms with Crippen LogP contribution in [0.3, 0.4) is 0 Å². The quantitative estimate of drug-likeness (QED) is 0.772. The van der Waals surface area contributed by atoms with Crippen LogP contribution >= 0.6 is 0 Å². The van der Waals surface area contributed by atoms with Crippen LogP contribution in [0, 0.1) is 0 Å². The van der Waals surface area contributed by atoms with Gasteiger partial charge in [-0.25, -0.2) is 0 Å². The van der Waals surface area contributed by atoms with Crippen LogP contribution in [0.25, 0.3) is 0 Å². The van der Waals surface area contributed by atoms with E-state index >= 15 is 0 Å². The number of hydrogen-bond donors (Lipinski definition) is 2. The van der Waals surface area contributed by atoms with Crippen molar-refractivity contribution >= 4 is 6.01 Å². The van der Waals surface area contributed by atoms with E-state index in [1.165, 1.54) is 6.42 Å². The molecule has 1 aliphatic heterocycles. The second-order valence-electron chi connectivity index (χ2n) is 4.58. The first-order valence-corrected chi connectivity index (χ1v) is 6.72. The van der Waals surface area contributed by atoms with Crippen LogP contribution < -0.4 is 10.6 Å². The second kappa shape index (κ2) is 6.70. The fourth-order valence-corrected chi connectivity index (χ4v) is 2.09. The zero-order valence-corrected chi connectivity index (χ0v) is 11.1. The Bertz CT molecular complexity index is 350. The summed E-state index contributed by atoms with van der Waals surface area (Å²) in [5, 5.41) is 14.4. The molecule has 1 aromatic heterocycles. The molecular weight excluding hydrogens is 232 g/mol. The highest BCUT2D eigenvalue weighted by Gasteiger charge is 2.16. The third kappa shape index (κ3) is 3.68. The van der Waals surface area contributed by atoms with Gasteiger partial charge in [-0.1, -0.05) is 12.0 Å². The van der Waals surface area contributed by atoms with Crippen molar-refractivity contribution in [3.05, 3.63) is 5.89 Å². The fraction of sp³-hybridized carbons (Fsp3) is 0.833. The van der Waals surface area contributed by atoms with Crippen LogP contribution in [0.2, 0.25) is 0 Å². The van der Waals surface area contributed by atoms with E-state index in [-0.39, 0.29) is 6.04 Å². The van der Waals surface area contributed by atoms with Gasteiger partial charge in [-0.15, -0.1) is 5.10 Å². The average Bonchev–Trinajstić information content (AvgIpc) is 3.00. The van der Waals surface area contributed by atoms with Crippen LogP contribution in [0.4, 0.5) is 6.01 Å². The van der Waals surface area contributed by atoms with Gasteiger partial charge in [0.15, 0.2) is 0 Å². The second-order valence-corrected chi connectivity index (χ2v) is 4.58. The molecule has 0 saturated carbocycles. The molecule has 1 aliphatic rings. The van der Waals surface area contributed by atoms with Crippen molar-refractivity contribution < 1.29 is 9.15 Å². The van der Waals surface area contributed by atoms with Crippen molar-refractivity contribution in [2.75, 3.05) is 25.0 Å². The van der Waals surface area contributed by atoms with Crippen molar-refractivity contribution in [1.82, 2.24) is 15.5 Å². The van der Waals surface area contributed by atoms with E-state index in [1.54, 1.807) is 0 Å². The van der Waals surface area contributed by atoms with Crippen molar-refractivity contribution in [3.63, 3.8) is 0 Å². The van der Waals surface area contributed by atoms with Crippen LogP contribution in [-0.4, -0.2) is 36.0 Å². The molecule has 18 heavy (non-hydrogen) atoms. The third-order valence-corrected chi connectivity index (χ3v) is 3.09. The molecule has 1 aromatic rings. The lowest BCUT2D eigenvalue weighted by atomic mass is 10.2. The highest BCUT2D eigenvalue weighted by molar-refractivity contribution is 5.17. The molecule has 0 bridgehead atoms. The Labute approximate surface area is 107 Å². The van der Waals surface area contributed by atoms with E-state index in [4.69, 9.17) is 9.15 Å². The molecule has 2 unspecified atom stereocenters. The number of nitrogens with zero attached hydrogens (tertiary/aromatic N) is 2. The standard InChI is InChI=1S/C12H22N4O2/c1-3-13-9(2)11-15-16-12(18-11)14-7-6-10-5-4-8-17-10/h9-10,13H,3-8H2,1-2H3,(H,14,16). The van der Waals surface area contributed by atoms with Crippen LogP contribution in [0.15, 0.2) is 4.42 Å². The summed E-state index contributed by atoms with van der Waals surface area (Å²) in [7, 11) is 0. The van der Waals surface area contributed by atoms with Gasteiger partial charge in [0.2, 0.25) is 5.89 Å². The predicted molar refractivity (Wildman–Crippen MR) is 68.5 cm³/mol. The molecule has 0 radical (unpaired) electrons. The highest BCUT2D eigenvalue weighted by Crippen LogP contribution is 2.16. The van der Waals surface area contributed by atoms with Crippen LogP contribution in [-0.2, 0) is 4.74 Å². The smallest absolute Gasteiger partial charge is 0.315 e. The largest absolute Gasteiger partial charge is 0.406 e. The number of ether oxygens (including phenoxy) is 1. The maximum atomic E-state index is 5.55. The summed E-state index contributed by atoms with van der Waals surface area (Å²) in [5.74, 6) is 0.622. The summed E-state index contributed by atoms with van der Waals surface area (Å²) in [4.78, 5) is 0. The summed E-state index contributed by atoms with van der Waals surface area (Å²) in [6.07, 6.45) is 3.71. The Morgan fingerprint density at radius 3 is 3.06 bits per heavy atom. The van der Waals surface area contributed by atoms with Crippen molar-refractivity contribution in [3.8, 4) is 0 Å². The maximum Gasteiger partial charge on any atom is 0.315 e. The molecule has 6 nitrogen and oxygen atoms in total. The van der Waals surface area contributed by atoms with Gasteiger partial charge in [-0.05, 0) is 32.7 Å². The van der Waals surface area contributed by atoms with E-state index in [2.05, 4.69) is 20.8 Å². The lowest BCUT2D eigenvalue weighted by Crippen LogP contribution is -2.17. The van der Waals surface area contributed by atoms with E-state index in [1.807, 2.05) is 13.8 Å². The Morgan fingerprint density at radius 1 is 1.44 bits per heavy atom. The van der Waals surface area contributed by atoms with Gasteiger partial charge in [0.25, 0.3) is 0 Å². The van der Waals surface area contributed by atoms with E-state index in [9.17, 15) is 0 Å².